The van der Waals surface area contributed by atoms with Crippen LogP contribution >= 0.6 is 0 Å². The van der Waals surface area contributed by atoms with E-state index in [-0.39, 0.29) is 0 Å². The topological polar surface area (TPSA) is 0 Å². The molecule has 2 atom stereocenters. The molecule has 0 N–H and O–H groups in total. The summed E-state index contributed by atoms with van der Waals surface area (Å²) < 4.78 is 0. The Balaban J connectivity index is 2.32. The van der Waals surface area contributed by atoms with Crippen molar-refractivity contribution in [3.63, 3.8) is 0 Å². The summed E-state index contributed by atoms with van der Waals surface area (Å²) in [7, 11) is 0. The molecule has 0 spiro atoms. The monoisotopic (exact) mass is 140 g/mol. The third-order valence-electron chi connectivity index (χ3n) is 2.92. The summed E-state index contributed by atoms with van der Waals surface area (Å²) in [6.07, 6.45) is 5.92. The van der Waals surface area contributed by atoms with Crippen LogP contribution < -0.4 is 0 Å². The van der Waals surface area contributed by atoms with Gasteiger partial charge in [0.05, 0.1) is 0 Å². The fraction of sp³-hybridized carbons (Fsp3) is 1.00. The van der Waals surface area contributed by atoms with E-state index in [4.69, 9.17) is 0 Å². The Morgan fingerprint density at radius 3 is 2.30 bits per heavy atom. The van der Waals surface area contributed by atoms with Gasteiger partial charge in [-0.2, -0.15) is 0 Å². The minimum atomic E-state index is 0.919. The maximum absolute atomic E-state index is 2.40. The van der Waals surface area contributed by atoms with Gasteiger partial charge in [-0.05, 0) is 24.2 Å². The summed E-state index contributed by atoms with van der Waals surface area (Å²) in [6, 6.07) is 0. The fourth-order valence-electron chi connectivity index (χ4n) is 2.09. The highest BCUT2D eigenvalue weighted by Gasteiger charge is 2.20. The van der Waals surface area contributed by atoms with Crippen LogP contribution in [0.4, 0.5) is 0 Å². The van der Waals surface area contributed by atoms with Crippen molar-refractivity contribution in [3.05, 3.63) is 0 Å². The van der Waals surface area contributed by atoms with E-state index in [1.807, 2.05) is 0 Å². The highest BCUT2D eigenvalue weighted by molar-refractivity contribution is 4.72. The number of hydrogen-bond acceptors (Lipinski definition) is 0. The molecular formula is C10H20. The lowest BCUT2D eigenvalue weighted by molar-refractivity contribution is 0.226. The first-order valence-electron chi connectivity index (χ1n) is 4.70. The van der Waals surface area contributed by atoms with Crippen LogP contribution in [0.3, 0.4) is 0 Å². The summed E-state index contributed by atoms with van der Waals surface area (Å²) in [5, 5.41) is 0. The van der Waals surface area contributed by atoms with E-state index >= 15 is 0 Å². The lowest BCUT2D eigenvalue weighted by Crippen LogP contribution is -2.17. The molecule has 1 saturated carbocycles. The summed E-state index contributed by atoms with van der Waals surface area (Å²) in [4.78, 5) is 0. The van der Waals surface area contributed by atoms with Crippen LogP contribution in [0.25, 0.3) is 0 Å². The molecule has 0 aromatic rings. The highest BCUT2D eigenvalue weighted by Crippen LogP contribution is 2.32. The molecule has 0 aliphatic heterocycles. The fourth-order valence-corrected chi connectivity index (χ4v) is 2.09. The van der Waals surface area contributed by atoms with Gasteiger partial charge in [0.1, 0.15) is 0 Å². The zero-order valence-corrected chi connectivity index (χ0v) is 7.56. The largest absolute Gasteiger partial charge is 0.0625 e. The van der Waals surface area contributed by atoms with Gasteiger partial charge in [-0.1, -0.05) is 40.0 Å². The Morgan fingerprint density at radius 2 is 1.90 bits per heavy atom. The molecule has 0 amide bonds. The van der Waals surface area contributed by atoms with Crippen LogP contribution in [0, 0.1) is 17.8 Å². The maximum atomic E-state index is 2.40. The van der Waals surface area contributed by atoms with E-state index < -0.39 is 0 Å². The highest BCUT2D eigenvalue weighted by atomic mass is 14.3. The average molecular weight is 140 g/mol. The SMILES string of the molecule is CC1CCCC(C(C)C)C1. The average Bonchev–Trinajstić information content (AvgIpc) is 1.88. The van der Waals surface area contributed by atoms with Gasteiger partial charge in [-0.15, -0.1) is 0 Å². The van der Waals surface area contributed by atoms with Gasteiger partial charge in [-0.3, -0.25) is 0 Å². The Morgan fingerprint density at radius 1 is 1.20 bits per heavy atom. The first kappa shape index (κ1) is 8.10. The zero-order chi connectivity index (χ0) is 7.56. The van der Waals surface area contributed by atoms with Gasteiger partial charge in [0.2, 0.25) is 0 Å². The molecule has 0 bridgehead atoms. The van der Waals surface area contributed by atoms with Gasteiger partial charge in [0.15, 0.2) is 0 Å². The third-order valence-corrected chi connectivity index (χ3v) is 2.92. The number of rotatable bonds is 1. The summed E-state index contributed by atoms with van der Waals surface area (Å²) in [5.74, 6) is 2.95. The molecular weight excluding hydrogens is 120 g/mol. The predicted octanol–water partition coefficient (Wildman–Crippen LogP) is 3.47. The van der Waals surface area contributed by atoms with Crippen LogP contribution in [0.15, 0.2) is 0 Å². The van der Waals surface area contributed by atoms with Crippen molar-refractivity contribution in [1.82, 2.24) is 0 Å². The Labute approximate surface area is 65.0 Å². The van der Waals surface area contributed by atoms with Crippen molar-refractivity contribution in [1.29, 1.82) is 0 Å². The van der Waals surface area contributed by atoms with E-state index in [9.17, 15) is 0 Å². The molecule has 60 valence electrons. The van der Waals surface area contributed by atoms with E-state index in [2.05, 4.69) is 20.8 Å². The molecule has 10 heavy (non-hydrogen) atoms. The molecule has 0 heteroatoms. The molecule has 0 heterocycles. The Kier molecular flexibility index (Phi) is 2.76. The number of hydrogen-bond donors (Lipinski definition) is 0. The van der Waals surface area contributed by atoms with Crippen LogP contribution in [-0.4, -0.2) is 0 Å². The van der Waals surface area contributed by atoms with Gasteiger partial charge >= 0.3 is 0 Å². The van der Waals surface area contributed by atoms with E-state index in [1.165, 1.54) is 25.7 Å². The summed E-state index contributed by atoms with van der Waals surface area (Å²) in [6.45, 7) is 7.12. The maximum Gasteiger partial charge on any atom is -0.0389 e. The van der Waals surface area contributed by atoms with Crippen LogP contribution in [-0.2, 0) is 0 Å². The predicted molar refractivity (Wildman–Crippen MR) is 46.0 cm³/mol. The molecule has 2 unspecified atom stereocenters. The molecule has 0 aromatic heterocycles. The molecule has 0 nitrogen and oxygen atoms in total. The van der Waals surface area contributed by atoms with Crippen LogP contribution in [0.1, 0.15) is 46.5 Å². The van der Waals surface area contributed by atoms with Gasteiger partial charge in [-0.25, -0.2) is 0 Å². The second-order valence-electron chi connectivity index (χ2n) is 4.28. The van der Waals surface area contributed by atoms with Crippen molar-refractivity contribution in [2.75, 3.05) is 0 Å². The van der Waals surface area contributed by atoms with Crippen molar-refractivity contribution in [2.45, 2.75) is 46.5 Å². The zero-order valence-electron chi connectivity index (χ0n) is 7.56. The standard InChI is InChI=1S/C10H20/c1-8(2)10-6-4-5-9(3)7-10/h8-10H,4-7H2,1-3H3. The van der Waals surface area contributed by atoms with Crippen molar-refractivity contribution in [3.8, 4) is 0 Å². The van der Waals surface area contributed by atoms with Gasteiger partial charge in [0.25, 0.3) is 0 Å². The molecule has 1 aliphatic rings. The first-order valence-corrected chi connectivity index (χ1v) is 4.70. The van der Waals surface area contributed by atoms with E-state index in [1.54, 1.807) is 0 Å². The minimum absolute atomic E-state index is 0.919. The smallest absolute Gasteiger partial charge is 0.0389 e. The van der Waals surface area contributed by atoms with Crippen molar-refractivity contribution >= 4 is 0 Å². The quantitative estimate of drug-likeness (QED) is 0.523. The molecule has 0 radical (unpaired) electrons. The van der Waals surface area contributed by atoms with Gasteiger partial charge in [0, 0.05) is 0 Å². The molecule has 1 fully saturated rings. The van der Waals surface area contributed by atoms with Gasteiger partial charge < -0.3 is 0 Å². The lowest BCUT2D eigenvalue weighted by atomic mass is 9.77. The Hall–Kier alpha value is 0. The first-order chi connectivity index (χ1) is 4.70. The normalized spacial score (nSPS) is 34.8. The van der Waals surface area contributed by atoms with Crippen LogP contribution in [0.2, 0.25) is 0 Å². The molecule has 1 rings (SSSR count). The lowest BCUT2D eigenvalue weighted by Gasteiger charge is -2.29. The second kappa shape index (κ2) is 3.41. The Bertz CT molecular complexity index is 94.2. The van der Waals surface area contributed by atoms with E-state index in [0.717, 1.165) is 17.8 Å². The third kappa shape index (κ3) is 2.00. The second-order valence-corrected chi connectivity index (χ2v) is 4.28. The summed E-state index contributed by atoms with van der Waals surface area (Å²) in [5.41, 5.74) is 0. The van der Waals surface area contributed by atoms with E-state index in [0.29, 0.717) is 0 Å². The van der Waals surface area contributed by atoms with Crippen molar-refractivity contribution < 1.29 is 0 Å². The minimum Gasteiger partial charge on any atom is -0.0625 e. The van der Waals surface area contributed by atoms with Crippen LogP contribution in [0.5, 0.6) is 0 Å². The molecule has 0 saturated heterocycles. The molecule has 0 aromatic carbocycles. The van der Waals surface area contributed by atoms with Crippen molar-refractivity contribution in [2.24, 2.45) is 17.8 Å². The summed E-state index contributed by atoms with van der Waals surface area (Å²) >= 11 is 0. The molecule has 1 aliphatic carbocycles.